The van der Waals surface area contributed by atoms with Crippen LogP contribution < -0.4 is 4.74 Å². The van der Waals surface area contributed by atoms with Gasteiger partial charge in [-0.15, -0.1) is 0 Å². The first-order valence-corrected chi connectivity index (χ1v) is 5.28. The van der Waals surface area contributed by atoms with E-state index in [0.717, 1.165) is 12.1 Å². The van der Waals surface area contributed by atoms with Crippen LogP contribution in [0.15, 0.2) is 23.2 Å². The molecule has 96 valence electrons. The molecule has 1 aromatic rings. The Kier molecular flexibility index (Phi) is 2.91. The molecule has 0 atom stereocenters. The van der Waals surface area contributed by atoms with Crippen molar-refractivity contribution in [1.29, 1.82) is 0 Å². The molecule has 1 fully saturated rings. The number of isocyanates is 1. The number of nitrogens with zero attached hydrogens (tertiary/aromatic N) is 1. The van der Waals surface area contributed by atoms with Crippen molar-refractivity contribution in [3.63, 3.8) is 0 Å². The third-order valence-electron chi connectivity index (χ3n) is 3.01. The third kappa shape index (κ3) is 2.11. The van der Waals surface area contributed by atoms with Crippen molar-refractivity contribution < 1.29 is 22.7 Å². The minimum Gasteiger partial charge on any atom is -0.496 e. The Balaban J connectivity index is 2.48. The fraction of sp³-hybridized carbons (Fsp3) is 0.417. The molecule has 3 nitrogen and oxygen atoms in total. The summed E-state index contributed by atoms with van der Waals surface area (Å²) in [5, 5.41) is 0. The minimum atomic E-state index is -4.42. The predicted molar refractivity (Wildman–Crippen MR) is 57.0 cm³/mol. The van der Waals surface area contributed by atoms with Crippen LogP contribution in [0.4, 0.5) is 13.2 Å². The largest absolute Gasteiger partial charge is 0.496 e. The molecular formula is C12H10F3NO2. The van der Waals surface area contributed by atoms with Crippen LogP contribution in [-0.2, 0) is 16.5 Å². The maximum atomic E-state index is 12.6. The van der Waals surface area contributed by atoms with Crippen molar-refractivity contribution in [3.8, 4) is 5.75 Å². The third-order valence-corrected chi connectivity index (χ3v) is 3.01. The first kappa shape index (κ1) is 12.6. The first-order chi connectivity index (χ1) is 8.43. The monoisotopic (exact) mass is 257 g/mol. The van der Waals surface area contributed by atoms with Crippen LogP contribution in [0.5, 0.6) is 5.75 Å². The molecule has 0 aliphatic heterocycles. The lowest BCUT2D eigenvalue weighted by Gasteiger charge is -2.15. The van der Waals surface area contributed by atoms with Crippen molar-refractivity contribution in [3.05, 3.63) is 29.3 Å². The number of hydrogen-bond acceptors (Lipinski definition) is 3. The summed E-state index contributed by atoms with van der Waals surface area (Å²) in [5.41, 5.74) is -1.02. The number of hydrogen-bond donors (Lipinski definition) is 0. The average molecular weight is 257 g/mol. The van der Waals surface area contributed by atoms with Gasteiger partial charge in [0.1, 0.15) is 11.3 Å². The Bertz CT molecular complexity index is 515. The Morgan fingerprint density at radius 3 is 2.50 bits per heavy atom. The van der Waals surface area contributed by atoms with Gasteiger partial charge in [-0.2, -0.15) is 18.2 Å². The van der Waals surface area contributed by atoms with Gasteiger partial charge in [-0.05, 0) is 25.0 Å². The number of aliphatic imine (C=N–C) groups is 1. The van der Waals surface area contributed by atoms with E-state index in [2.05, 4.69) is 4.99 Å². The Labute approximate surface area is 101 Å². The molecule has 0 radical (unpaired) electrons. The fourth-order valence-electron chi connectivity index (χ4n) is 1.90. The lowest BCUT2D eigenvalue weighted by atomic mass is 10.0. The minimum absolute atomic E-state index is 0.0984. The van der Waals surface area contributed by atoms with E-state index in [4.69, 9.17) is 4.74 Å². The maximum Gasteiger partial charge on any atom is 0.416 e. The van der Waals surface area contributed by atoms with E-state index in [1.54, 1.807) is 0 Å². The topological polar surface area (TPSA) is 38.7 Å². The number of rotatable bonds is 3. The molecule has 0 saturated heterocycles. The van der Waals surface area contributed by atoms with Crippen molar-refractivity contribution >= 4 is 6.08 Å². The van der Waals surface area contributed by atoms with Crippen LogP contribution in [-0.4, -0.2) is 13.2 Å². The molecule has 0 heterocycles. The Hall–Kier alpha value is -1.81. The quantitative estimate of drug-likeness (QED) is 0.616. The fourth-order valence-corrected chi connectivity index (χ4v) is 1.90. The van der Waals surface area contributed by atoms with Gasteiger partial charge in [0, 0.05) is 5.56 Å². The molecule has 0 N–H and O–H groups in total. The molecule has 1 aliphatic carbocycles. The van der Waals surface area contributed by atoms with E-state index >= 15 is 0 Å². The molecule has 6 heteroatoms. The molecule has 0 aromatic heterocycles. The van der Waals surface area contributed by atoms with Crippen LogP contribution in [0.1, 0.15) is 24.0 Å². The second kappa shape index (κ2) is 4.14. The summed E-state index contributed by atoms with van der Waals surface area (Å²) in [6.07, 6.45) is -1.73. The summed E-state index contributed by atoms with van der Waals surface area (Å²) in [6, 6.07) is 3.21. The Morgan fingerprint density at radius 2 is 2.06 bits per heavy atom. The van der Waals surface area contributed by atoms with E-state index in [-0.39, 0.29) is 5.75 Å². The van der Waals surface area contributed by atoms with Gasteiger partial charge < -0.3 is 4.74 Å². The first-order valence-electron chi connectivity index (χ1n) is 5.28. The summed E-state index contributed by atoms with van der Waals surface area (Å²) >= 11 is 0. The highest BCUT2D eigenvalue weighted by Gasteiger charge is 2.47. The van der Waals surface area contributed by atoms with E-state index in [9.17, 15) is 18.0 Å². The molecule has 0 unspecified atom stereocenters. The Morgan fingerprint density at radius 1 is 1.39 bits per heavy atom. The van der Waals surface area contributed by atoms with Gasteiger partial charge in [0.15, 0.2) is 0 Å². The van der Waals surface area contributed by atoms with Gasteiger partial charge in [0.25, 0.3) is 0 Å². The molecule has 0 bridgehead atoms. The molecule has 1 saturated carbocycles. The second-order valence-corrected chi connectivity index (χ2v) is 4.15. The van der Waals surface area contributed by atoms with Crippen LogP contribution >= 0.6 is 0 Å². The van der Waals surface area contributed by atoms with E-state index in [0.29, 0.717) is 18.4 Å². The molecule has 2 rings (SSSR count). The van der Waals surface area contributed by atoms with Gasteiger partial charge in [-0.3, -0.25) is 0 Å². The summed E-state index contributed by atoms with van der Waals surface area (Å²) in [7, 11) is 1.29. The van der Waals surface area contributed by atoms with Crippen LogP contribution in [0.3, 0.4) is 0 Å². The van der Waals surface area contributed by atoms with Gasteiger partial charge in [-0.25, -0.2) is 4.79 Å². The lowest BCUT2D eigenvalue weighted by Crippen LogP contribution is -2.09. The standard InChI is InChI=1S/C12H10F3NO2/c1-18-10-6-8(12(13,14)15)2-3-9(10)11(4-5-11)16-7-17/h2-3,6H,4-5H2,1H3. The predicted octanol–water partition coefficient (Wildman–Crippen LogP) is 3.04. The number of carbonyl (C=O) groups excluding carboxylic acids is 1. The second-order valence-electron chi connectivity index (χ2n) is 4.15. The summed E-state index contributed by atoms with van der Waals surface area (Å²) < 4.78 is 42.6. The SMILES string of the molecule is COc1cc(C(F)(F)F)ccc1C1(N=C=O)CC1. The van der Waals surface area contributed by atoms with Crippen molar-refractivity contribution in [2.45, 2.75) is 24.6 Å². The number of benzene rings is 1. The maximum absolute atomic E-state index is 12.6. The van der Waals surface area contributed by atoms with Gasteiger partial charge in [0.2, 0.25) is 6.08 Å². The van der Waals surface area contributed by atoms with Gasteiger partial charge >= 0.3 is 6.18 Å². The molecule has 1 aliphatic rings. The lowest BCUT2D eigenvalue weighted by molar-refractivity contribution is -0.137. The number of ether oxygens (including phenoxy) is 1. The molecule has 18 heavy (non-hydrogen) atoms. The zero-order valence-corrected chi connectivity index (χ0v) is 9.54. The summed E-state index contributed by atoms with van der Waals surface area (Å²) in [6.45, 7) is 0. The highest BCUT2D eigenvalue weighted by Crippen LogP contribution is 2.52. The summed E-state index contributed by atoms with van der Waals surface area (Å²) in [5.74, 6) is 0.0984. The van der Waals surface area contributed by atoms with E-state index in [1.807, 2.05) is 0 Å². The number of methoxy groups -OCH3 is 1. The van der Waals surface area contributed by atoms with Crippen molar-refractivity contribution in [2.24, 2.45) is 4.99 Å². The van der Waals surface area contributed by atoms with E-state index < -0.39 is 17.3 Å². The molecular weight excluding hydrogens is 247 g/mol. The molecule has 0 spiro atoms. The average Bonchev–Trinajstić information content (AvgIpc) is 3.08. The van der Waals surface area contributed by atoms with Crippen LogP contribution in [0, 0.1) is 0 Å². The van der Waals surface area contributed by atoms with Gasteiger partial charge in [-0.1, -0.05) is 6.07 Å². The zero-order chi connectivity index (χ0) is 13.4. The molecule has 1 aromatic carbocycles. The number of alkyl halides is 3. The normalized spacial score (nSPS) is 16.9. The smallest absolute Gasteiger partial charge is 0.416 e. The number of halogens is 3. The highest BCUT2D eigenvalue weighted by molar-refractivity contribution is 5.49. The van der Waals surface area contributed by atoms with Crippen molar-refractivity contribution in [1.82, 2.24) is 0 Å². The highest BCUT2D eigenvalue weighted by atomic mass is 19.4. The van der Waals surface area contributed by atoms with Crippen LogP contribution in [0.2, 0.25) is 0 Å². The van der Waals surface area contributed by atoms with Crippen LogP contribution in [0.25, 0.3) is 0 Å². The van der Waals surface area contributed by atoms with Crippen molar-refractivity contribution in [2.75, 3.05) is 7.11 Å². The zero-order valence-electron chi connectivity index (χ0n) is 9.54. The van der Waals surface area contributed by atoms with Gasteiger partial charge in [0.05, 0.1) is 12.7 Å². The molecule has 0 amide bonds. The summed E-state index contributed by atoms with van der Waals surface area (Å²) in [4.78, 5) is 14.0. The van der Waals surface area contributed by atoms with E-state index in [1.165, 1.54) is 19.3 Å².